The number of nitrogens with zero attached hydrogens (tertiary/aromatic N) is 2. The molecule has 1 atom stereocenters. The number of pyridine rings is 1. The van der Waals surface area contributed by atoms with E-state index in [1.807, 2.05) is 0 Å². The third-order valence-corrected chi connectivity index (χ3v) is 3.15. The summed E-state index contributed by atoms with van der Waals surface area (Å²) in [6, 6.07) is 1.44. The topological polar surface area (TPSA) is 74.9 Å². The molecule has 6 nitrogen and oxygen atoms in total. The molecule has 0 saturated carbocycles. The van der Waals surface area contributed by atoms with Crippen LogP contribution in [-0.4, -0.2) is 52.1 Å². The van der Waals surface area contributed by atoms with Crippen molar-refractivity contribution in [3.63, 3.8) is 0 Å². The molecule has 0 amide bonds. The Balaban J connectivity index is 2.20. The van der Waals surface area contributed by atoms with Crippen molar-refractivity contribution in [1.29, 1.82) is 0 Å². The Kier molecular flexibility index (Phi) is 4.57. The molecule has 1 saturated heterocycles. The molecular weight excluding hydrogens is 248 g/mol. The molecular formula is C13H20N2O4. The molecule has 2 heterocycles. The van der Waals surface area contributed by atoms with Crippen molar-refractivity contribution in [1.82, 2.24) is 9.47 Å². The van der Waals surface area contributed by atoms with E-state index >= 15 is 0 Å². The summed E-state index contributed by atoms with van der Waals surface area (Å²) in [5, 5.41) is 19.0. The van der Waals surface area contributed by atoms with Gasteiger partial charge in [-0.1, -0.05) is 0 Å². The highest BCUT2D eigenvalue weighted by atomic mass is 16.5. The first-order valence-corrected chi connectivity index (χ1v) is 6.47. The van der Waals surface area contributed by atoms with E-state index in [4.69, 9.17) is 4.74 Å². The van der Waals surface area contributed by atoms with Gasteiger partial charge in [0.1, 0.15) is 0 Å². The zero-order chi connectivity index (χ0) is 13.8. The number of aliphatic hydroxyl groups excluding tert-OH is 1. The van der Waals surface area contributed by atoms with Crippen LogP contribution in [0.25, 0.3) is 0 Å². The number of rotatable bonds is 4. The number of hydrogen-bond donors (Lipinski definition) is 2. The van der Waals surface area contributed by atoms with Crippen LogP contribution in [0, 0.1) is 0 Å². The SMILES string of the molecule is CC(O)Cn1cc(O)c(=O)cc1CN1CCOCC1. The summed E-state index contributed by atoms with van der Waals surface area (Å²) in [6.45, 7) is 5.68. The summed E-state index contributed by atoms with van der Waals surface area (Å²) in [4.78, 5) is 13.7. The summed E-state index contributed by atoms with van der Waals surface area (Å²) in [7, 11) is 0. The number of morpholine rings is 1. The van der Waals surface area contributed by atoms with Gasteiger partial charge in [0.05, 0.1) is 25.5 Å². The van der Waals surface area contributed by atoms with Gasteiger partial charge >= 0.3 is 0 Å². The lowest BCUT2D eigenvalue weighted by molar-refractivity contribution is 0.0327. The monoisotopic (exact) mass is 268 g/mol. The standard InChI is InChI=1S/C13H20N2O4/c1-10(16)7-15-9-13(18)12(17)6-11(15)8-14-2-4-19-5-3-14/h6,9-10,16,18H,2-5,7-8H2,1H3. The lowest BCUT2D eigenvalue weighted by Gasteiger charge is -2.28. The molecule has 0 spiro atoms. The summed E-state index contributed by atoms with van der Waals surface area (Å²) in [6.07, 6.45) is 0.857. The van der Waals surface area contributed by atoms with Crippen LogP contribution in [0.5, 0.6) is 5.75 Å². The van der Waals surface area contributed by atoms with Crippen LogP contribution in [0.3, 0.4) is 0 Å². The van der Waals surface area contributed by atoms with E-state index in [1.54, 1.807) is 11.5 Å². The molecule has 1 aliphatic rings. The fraction of sp³-hybridized carbons (Fsp3) is 0.615. The van der Waals surface area contributed by atoms with Crippen molar-refractivity contribution in [2.45, 2.75) is 26.1 Å². The summed E-state index contributed by atoms with van der Waals surface area (Å²) < 4.78 is 7.02. The molecule has 1 aliphatic heterocycles. The maximum Gasteiger partial charge on any atom is 0.223 e. The zero-order valence-electron chi connectivity index (χ0n) is 11.1. The molecule has 1 aromatic rings. The zero-order valence-corrected chi connectivity index (χ0v) is 11.1. The number of aliphatic hydroxyl groups is 1. The molecule has 0 aromatic carbocycles. The van der Waals surface area contributed by atoms with Crippen LogP contribution in [-0.2, 0) is 17.8 Å². The van der Waals surface area contributed by atoms with Gasteiger partial charge in [-0.05, 0) is 6.92 Å². The van der Waals surface area contributed by atoms with Crippen LogP contribution in [0.2, 0.25) is 0 Å². The van der Waals surface area contributed by atoms with Crippen molar-refractivity contribution in [3.8, 4) is 5.75 Å². The molecule has 0 bridgehead atoms. The van der Waals surface area contributed by atoms with E-state index < -0.39 is 6.10 Å². The Bertz CT molecular complexity index is 478. The third kappa shape index (κ3) is 3.79. The van der Waals surface area contributed by atoms with Gasteiger partial charge in [-0.15, -0.1) is 0 Å². The van der Waals surface area contributed by atoms with Crippen LogP contribution < -0.4 is 5.43 Å². The Hall–Kier alpha value is -1.37. The van der Waals surface area contributed by atoms with E-state index in [0.29, 0.717) is 26.3 Å². The maximum absolute atomic E-state index is 11.6. The van der Waals surface area contributed by atoms with Crippen molar-refractivity contribution in [2.75, 3.05) is 26.3 Å². The molecule has 6 heteroatoms. The lowest BCUT2D eigenvalue weighted by Crippen LogP contribution is -2.37. The summed E-state index contributed by atoms with van der Waals surface area (Å²) >= 11 is 0. The van der Waals surface area contributed by atoms with E-state index in [9.17, 15) is 15.0 Å². The quantitative estimate of drug-likeness (QED) is 0.789. The average Bonchev–Trinajstić information content (AvgIpc) is 2.36. The second-order valence-corrected chi connectivity index (χ2v) is 4.90. The van der Waals surface area contributed by atoms with Crippen molar-refractivity contribution in [2.24, 2.45) is 0 Å². The first kappa shape index (κ1) is 14.0. The van der Waals surface area contributed by atoms with Gasteiger partial charge in [0.25, 0.3) is 0 Å². The third-order valence-electron chi connectivity index (χ3n) is 3.15. The molecule has 1 unspecified atom stereocenters. The second kappa shape index (κ2) is 6.18. The lowest BCUT2D eigenvalue weighted by atomic mass is 10.2. The number of hydrogen-bond acceptors (Lipinski definition) is 5. The molecule has 0 radical (unpaired) electrons. The van der Waals surface area contributed by atoms with Gasteiger partial charge in [-0.2, -0.15) is 0 Å². The van der Waals surface area contributed by atoms with Gasteiger partial charge in [-0.3, -0.25) is 9.69 Å². The Morgan fingerprint density at radius 3 is 2.74 bits per heavy atom. The van der Waals surface area contributed by atoms with Gasteiger partial charge in [0, 0.05) is 37.9 Å². The number of aromatic hydroxyl groups is 1. The first-order chi connectivity index (χ1) is 9.06. The van der Waals surface area contributed by atoms with Gasteiger partial charge in [-0.25, -0.2) is 0 Å². The fourth-order valence-electron chi connectivity index (χ4n) is 2.18. The van der Waals surface area contributed by atoms with Crippen molar-refractivity contribution in [3.05, 3.63) is 28.2 Å². The van der Waals surface area contributed by atoms with E-state index in [1.165, 1.54) is 12.3 Å². The Labute approximate surface area is 111 Å². The maximum atomic E-state index is 11.6. The van der Waals surface area contributed by atoms with Gasteiger partial charge in [0.2, 0.25) is 5.43 Å². The predicted octanol–water partition coefficient (Wildman–Crippen LogP) is -0.233. The first-order valence-electron chi connectivity index (χ1n) is 6.47. The van der Waals surface area contributed by atoms with Crippen LogP contribution >= 0.6 is 0 Å². The fourth-order valence-corrected chi connectivity index (χ4v) is 2.18. The highest BCUT2D eigenvalue weighted by Crippen LogP contribution is 2.10. The minimum absolute atomic E-state index is 0.286. The summed E-state index contributed by atoms with van der Waals surface area (Å²) in [5.74, 6) is -0.286. The Morgan fingerprint density at radius 2 is 2.11 bits per heavy atom. The molecule has 106 valence electrons. The van der Waals surface area contributed by atoms with Crippen LogP contribution in [0.1, 0.15) is 12.6 Å². The molecule has 0 aliphatic carbocycles. The number of aromatic nitrogens is 1. The largest absolute Gasteiger partial charge is 0.503 e. The Morgan fingerprint density at radius 1 is 1.42 bits per heavy atom. The highest BCUT2D eigenvalue weighted by molar-refractivity contribution is 5.20. The minimum Gasteiger partial charge on any atom is -0.503 e. The highest BCUT2D eigenvalue weighted by Gasteiger charge is 2.14. The predicted molar refractivity (Wildman–Crippen MR) is 70.1 cm³/mol. The molecule has 2 rings (SSSR count). The average molecular weight is 268 g/mol. The van der Waals surface area contributed by atoms with Gasteiger partial charge in [0.15, 0.2) is 5.75 Å². The normalized spacial score (nSPS) is 18.4. The van der Waals surface area contributed by atoms with Crippen LogP contribution in [0.4, 0.5) is 0 Å². The van der Waals surface area contributed by atoms with Crippen molar-refractivity contribution >= 4 is 0 Å². The molecule has 2 N–H and O–H groups in total. The van der Waals surface area contributed by atoms with Gasteiger partial charge < -0.3 is 19.5 Å². The second-order valence-electron chi connectivity index (χ2n) is 4.90. The van der Waals surface area contributed by atoms with E-state index in [2.05, 4.69) is 4.90 Å². The minimum atomic E-state index is -0.537. The van der Waals surface area contributed by atoms with Crippen molar-refractivity contribution < 1.29 is 14.9 Å². The number of ether oxygens (including phenoxy) is 1. The molecule has 1 aromatic heterocycles. The molecule has 1 fully saturated rings. The van der Waals surface area contributed by atoms with Crippen LogP contribution in [0.15, 0.2) is 17.1 Å². The summed E-state index contributed by atoms with van der Waals surface area (Å²) in [5.41, 5.74) is 0.413. The van der Waals surface area contributed by atoms with E-state index in [0.717, 1.165) is 18.8 Å². The molecule has 19 heavy (non-hydrogen) atoms. The smallest absolute Gasteiger partial charge is 0.223 e. The van der Waals surface area contributed by atoms with E-state index in [-0.39, 0.29) is 11.2 Å².